The van der Waals surface area contributed by atoms with Crippen LogP contribution in [-0.2, 0) is 13.1 Å². The Morgan fingerprint density at radius 1 is 1.33 bits per heavy atom. The summed E-state index contributed by atoms with van der Waals surface area (Å²) in [5, 5.41) is 10.8. The van der Waals surface area contributed by atoms with Crippen LogP contribution in [-0.4, -0.2) is 15.9 Å². The van der Waals surface area contributed by atoms with Crippen molar-refractivity contribution >= 4 is 11.4 Å². The van der Waals surface area contributed by atoms with Crippen molar-refractivity contribution in [2.24, 2.45) is 0 Å². The maximum absolute atomic E-state index is 10.8. The summed E-state index contributed by atoms with van der Waals surface area (Å²) < 4.78 is 5.40. The van der Waals surface area contributed by atoms with Gasteiger partial charge in [-0.2, -0.15) is 0 Å². The van der Waals surface area contributed by atoms with Crippen molar-refractivity contribution in [1.29, 1.82) is 0 Å². The van der Waals surface area contributed by atoms with Gasteiger partial charge in [0.2, 0.25) is 0 Å². The number of benzene rings is 1. The Morgan fingerprint density at radius 2 is 2.14 bits per heavy atom. The first kappa shape index (κ1) is 13.6. The van der Waals surface area contributed by atoms with Crippen LogP contribution >= 0.6 is 0 Å². The lowest BCUT2D eigenvalue weighted by Crippen LogP contribution is -2.24. The van der Waals surface area contributed by atoms with Crippen molar-refractivity contribution in [3.8, 4) is 0 Å². The summed E-state index contributed by atoms with van der Waals surface area (Å²) in [7, 11) is 0. The highest BCUT2D eigenvalue weighted by Gasteiger charge is 2.29. The van der Waals surface area contributed by atoms with Gasteiger partial charge in [-0.15, -0.1) is 0 Å². The highest BCUT2D eigenvalue weighted by atomic mass is 16.6. The molecule has 1 heterocycles. The van der Waals surface area contributed by atoms with E-state index in [2.05, 4.69) is 4.90 Å². The van der Waals surface area contributed by atoms with Gasteiger partial charge < -0.3 is 10.2 Å². The van der Waals surface area contributed by atoms with E-state index in [1.807, 2.05) is 12.1 Å². The summed E-state index contributed by atoms with van der Waals surface area (Å²) in [4.78, 5) is 12.6. The number of hydrogen-bond acceptors (Lipinski definition) is 5. The van der Waals surface area contributed by atoms with E-state index in [0.717, 1.165) is 17.9 Å². The zero-order valence-electron chi connectivity index (χ0n) is 11.6. The Morgan fingerprint density at radius 3 is 2.71 bits per heavy atom. The van der Waals surface area contributed by atoms with E-state index < -0.39 is 4.92 Å². The van der Waals surface area contributed by atoms with Gasteiger partial charge in [0, 0.05) is 18.7 Å². The summed E-state index contributed by atoms with van der Waals surface area (Å²) in [6, 6.07) is 9.33. The molecule has 6 heteroatoms. The molecule has 21 heavy (non-hydrogen) atoms. The fourth-order valence-corrected chi connectivity index (χ4v) is 2.46. The van der Waals surface area contributed by atoms with Crippen LogP contribution in [0.4, 0.5) is 11.4 Å². The standard InChI is InChI=1S/C15H17N3O3/c16-14-8-11(3-6-15(14)18(19)20)9-17(12-4-5-12)10-13-2-1-7-21-13/h1-3,6-8,12H,4-5,9-10,16H2. The summed E-state index contributed by atoms with van der Waals surface area (Å²) in [5.41, 5.74) is 6.91. The third kappa shape index (κ3) is 3.22. The van der Waals surface area contributed by atoms with E-state index in [9.17, 15) is 10.1 Å². The number of nitrogen functional groups attached to an aromatic ring is 1. The molecule has 1 aromatic carbocycles. The molecule has 0 radical (unpaired) electrons. The van der Waals surface area contributed by atoms with E-state index in [4.69, 9.17) is 10.2 Å². The number of furan rings is 1. The average Bonchev–Trinajstić information content (AvgIpc) is 3.16. The highest BCUT2D eigenvalue weighted by Crippen LogP contribution is 2.31. The molecule has 6 nitrogen and oxygen atoms in total. The van der Waals surface area contributed by atoms with Crippen molar-refractivity contribution in [2.75, 3.05) is 5.73 Å². The van der Waals surface area contributed by atoms with Gasteiger partial charge >= 0.3 is 0 Å². The number of nitrogens with zero attached hydrogens (tertiary/aromatic N) is 2. The molecule has 0 aliphatic heterocycles. The number of rotatable bonds is 6. The topological polar surface area (TPSA) is 85.5 Å². The molecule has 3 rings (SSSR count). The summed E-state index contributed by atoms with van der Waals surface area (Å²) in [5.74, 6) is 0.928. The summed E-state index contributed by atoms with van der Waals surface area (Å²) in [6.45, 7) is 1.46. The quantitative estimate of drug-likeness (QED) is 0.501. The minimum Gasteiger partial charge on any atom is -0.468 e. The summed E-state index contributed by atoms with van der Waals surface area (Å²) in [6.07, 6.45) is 4.04. The molecule has 1 aromatic heterocycles. The number of nitro groups is 1. The second-order valence-corrected chi connectivity index (χ2v) is 5.37. The van der Waals surface area contributed by atoms with Crippen LogP contribution in [0.3, 0.4) is 0 Å². The minimum atomic E-state index is -0.458. The van der Waals surface area contributed by atoms with E-state index in [-0.39, 0.29) is 11.4 Å². The molecule has 110 valence electrons. The Hall–Kier alpha value is -2.34. The van der Waals surface area contributed by atoms with E-state index >= 15 is 0 Å². The molecule has 0 spiro atoms. The number of anilines is 1. The first-order valence-electron chi connectivity index (χ1n) is 6.92. The van der Waals surface area contributed by atoms with Crippen LogP contribution in [0.5, 0.6) is 0 Å². The van der Waals surface area contributed by atoms with Crippen molar-refractivity contribution < 1.29 is 9.34 Å². The minimum absolute atomic E-state index is 0.0391. The fraction of sp³-hybridized carbons (Fsp3) is 0.333. The largest absolute Gasteiger partial charge is 0.468 e. The van der Waals surface area contributed by atoms with E-state index in [0.29, 0.717) is 12.6 Å². The predicted molar refractivity (Wildman–Crippen MR) is 78.5 cm³/mol. The molecule has 0 amide bonds. The number of nitrogens with two attached hydrogens (primary N) is 1. The van der Waals surface area contributed by atoms with Crippen LogP contribution < -0.4 is 5.73 Å². The first-order valence-corrected chi connectivity index (χ1v) is 6.92. The third-order valence-corrected chi connectivity index (χ3v) is 3.68. The SMILES string of the molecule is Nc1cc(CN(Cc2ccco2)C2CC2)ccc1[N+](=O)[O-]. The van der Waals surface area contributed by atoms with Crippen molar-refractivity contribution in [2.45, 2.75) is 32.0 Å². The van der Waals surface area contributed by atoms with Gasteiger partial charge in [0.15, 0.2) is 0 Å². The second kappa shape index (κ2) is 5.57. The molecule has 0 unspecified atom stereocenters. The number of nitro benzene ring substituents is 1. The molecular formula is C15H17N3O3. The monoisotopic (exact) mass is 287 g/mol. The van der Waals surface area contributed by atoms with Crippen molar-refractivity contribution in [3.63, 3.8) is 0 Å². The van der Waals surface area contributed by atoms with Crippen LogP contribution in [0, 0.1) is 10.1 Å². The Bertz CT molecular complexity index is 636. The molecule has 1 fully saturated rings. The molecular weight excluding hydrogens is 270 g/mol. The maximum atomic E-state index is 10.8. The fourth-order valence-electron chi connectivity index (χ4n) is 2.46. The second-order valence-electron chi connectivity index (χ2n) is 5.37. The smallest absolute Gasteiger partial charge is 0.292 e. The molecule has 0 bridgehead atoms. The van der Waals surface area contributed by atoms with Crippen molar-refractivity contribution in [1.82, 2.24) is 4.90 Å². The lowest BCUT2D eigenvalue weighted by atomic mass is 10.1. The van der Waals surface area contributed by atoms with E-state index in [1.54, 1.807) is 18.4 Å². The molecule has 2 N–H and O–H groups in total. The molecule has 2 aromatic rings. The van der Waals surface area contributed by atoms with Gasteiger partial charge in [-0.3, -0.25) is 15.0 Å². The Balaban J connectivity index is 1.73. The molecule has 1 aliphatic carbocycles. The highest BCUT2D eigenvalue weighted by molar-refractivity contribution is 5.59. The van der Waals surface area contributed by atoms with Crippen LogP contribution in [0.15, 0.2) is 41.0 Å². The van der Waals surface area contributed by atoms with Gasteiger partial charge in [0.1, 0.15) is 11.4 Å². The predicted octanol–water partition coefficient (Wildman–Crippen LogP) is 2.93. The third-order valence-electron chi connectivity index (χ3n) is 3.68. The van der Waals surface area contributed by atoms with E-state index in [1.165, 1.54) is 18.9 Å². The van der Waals surface area contributed by atoms with Crippen LogP contribution in [0.2, 0.25) is 0 Å². The van der Waals surface area contributed by atoms with Gasteiger partial charge in [-0.25, -0.2) is 0 Å². The van der Waals surface area contributed by atoms with Gasteiger partial charge in [-0.05, 0) is 36.6 Å². The van der Waals surface area contributed by atoms with Gasteiger partial charge in [0.05, 0.1) is 17.7 Å². The van der Waals surface area contributed by atoms with Gasteiger partial charge in [-0.1, -0.05) is 6.07 Å². The summed E-state index contributed by atoms with van der Waals surface area (Å²) >= 11 is 0. The zero-order valence-corrected chi connectivity index (χ0v) is 11.6. The Kier molecular flexibility index (Phi) is 3.62. The first-order chi connectivity index (χ1) is 10.1. The lowest BCUT2D eigenvalue weighted by molar-refractivity contribution is -0.383. The van der Waals surface area contributed by atoms with Crippen molar-refractivity contribution in [3.05, 3.63) is 58.0 Å². The maximum Gasteiger partial charge on any atom is 0.292 e. The average molecular weight is 287 g/mol. The zero-order chi connectivity index (χ0) is 14.8. The van der Waals surface area contributed by atoms with Crippen LogP contribution in [0.25, 0.3) is 0 Å². The molecule has 0 saturated heterocycles. The normalized spacial score (nSPS) is 14.5. The molecule has 1 saturated carbocycles. The number of hydrogen-bond donors (Lipinski definition) is 1. The van der Waals surface area contributed by atoms with Gasteiger partial charge in [0.25, 0.3) is 5.69 Å². The van der Waals surface area contributed by atoms with Crippen LogP contribution in [0.1, 0.15) is 24.2 Å². The lowest BCUT2D eigenvalue weighted by Gasteiger charge is -2.21. The Labute approximate surface area is 122 Å². The molecule has 1 aliphatic rings. The molecule has 0 atom stereocenters.